The Morgan fingerprint density at radius 1 is 0.868 bits per heavy atom. The molecule has 2 unspecified atom stereocenters. The molecule has 0 amide bonds. The van der Waals surface area contributed by atoms with Gasteiger partial charge in [0.1, 0.15) is 12.4 Å². The molecule has 0 radical (unpaired) electrons. The lowest BCUT2D eigenvalue weighted by Gasteiger charge is -2.18. The Balaban J connectivity index is 2.18. The average Bonchev–Trinajstić information content (AvgIpc) is 2.90. The smallest absolute Gasteiger partial charge is 0.329 e. The fraction of sp³-hybridized carbons (Fsp3) is 0.767. The summed E-state index contributed by atoms with van der Waals surface area (Å²) in [4.78, 5) is 22.9. The molecule has 0 aliphatic rings. The average molecular weight is 556 g/mol. The van der Waals surface area contributed by atoms with Crippen LogP contribution in [0.2, 0.25) is 0 Å². The molecule has 1 aromatic rings. The van der Waals surface area contributed by atoms with Crippen molar-refractivity contribution >= 4 is 15.1 Å². The summed E-state index contributed by atoms with van der Waals surface area (Å²) >= 11 is 0. The highest BCUT2D eigenvalue weighted by atomic mass is 31.2. The van der Waals surface area contributed by atoms with E-state index in [2.05, 4.69) is 17.9 Å². The normalized spacial score (nSPS) is 13.0. The predicted molar refractivity (Wildman–Crippen MR) is 156 cm³/mol. The molecule has 0 spiro atoms. The van der Waals surface area contributed by atoms with Gasteiger partial charge in [-0.05, 0) is 64.0 Å². The maximum absolute atomic E-state index is 10.9. The van der Waals surface area contributed by atoms with Crippen LogP contribution in [0.1, 0.15) is 102 Å². The summed E-state index contributed by atoms with van der Waals surface area (Å²) in [7, 11) is 2.04. The summed E-state index contributed by atoms with van der Waals surface area (Å²) in [5.41, 5.74) is 1.25. The maximum Gasteiger partial charge on any atom is 0.329 e. The van der Waals surface area contributed by atoms with Gasteiger partial charge in [-0.25, -0.2) is 0 Å². The van der Waals surface area contributed by atoms with Gasteiger partial charge in [0.25, 0.3) is 6.47 Å². The van der Waals surface area contributed by atoms with Crippen LogP contribution in [0.25, 0.3) is 0 Å². The first-order valence-electron chi connectivity index (χ1n) is 14.8. The predicted octanol–water partition coefficient (Wildman–Crippen LogP) is 7.44. The van der Waals surface area contributed by atoms with Crippen LogP contribution in [0.4, 0.5) is 0 Å². The molecular formula is C30H54NO6P. The van der Waals surface area contributed by atoms with Crippen molar-refractivity contribution in [1.82, 2.24) is 4.90 Å². The number of carbonyl (C=O) groups excluding carboxylic acids is 1. The molecule has 220 valence electrons. The van der Waals surface area contributed by atoms with E-state index in [0.29, 0.717) is 13.1 Å². The van der Waals surface area contributed by atoms with E-state index < -0.39 is 14.7 Å². The minimum absolute atomic E-state index is 0.0111. The van der Waals surface area contributed by atoms with E-state index in [1.807, 2.05) is 32.3 Å². The van der Waals surface area contributed by atoms with Crippen molar-refractivity contribution in [2.75, 3.05) is 40.5 Å². The lowest BCUT2D eigenvalue weighted by molar-refractivity contribution is -0.136. The van der Waals surface area contributed by atoms with Crippen LogP contribution < -0.4 is 4.74 Å². The zero-order valence-electron chi connectivity index (χ0n) is 24.3. The Bertz CT molecular complexity index is 678. The second kappa shape index (κ2) is 24.8. The number of ether oxygens (including phenoxy) is 2. The first-order chi connectivity index (χ1) is 18.5. The molecule has 0 aliphatic carbocycles. The molecule has 0 bridgehead atoms. The highest BCUT2D eigenvalue weighted by Gasteiger charge is 2.16. The monoisotopic (exact) mass is 555 g/mol. The molecule has 0 heterocycles. The third-order valence-corrected chi connectivity index (χ3v) is 7.25. The van der Waals surface area contributed by atoms with Crippen molar-refractivity contribution in [3.05, 3.63) is 29.8 Å². The van der Waals surface area contributed by atoms with Gasteiger partial charge in [0.15, 0.2) is 6.10 Å². The zero-order valence-corrected chi connectivity index (χ0v) is 25.2. The molecule has 1 rings (SSSR count). The third-order valence-electron chi connectivity index (χ3n) is 6.47. The molecule has 8 heteroatoms. The van der Waals surface area contributed by atoms with Crippen LogP contribution in [0, 0.1) is 0 Å². The summed E-state index contributed by atoms with van der Waals surface area (Å²) in [5, 5.41) is 0. The van der Waals surface area contributed by atoms with Crippen LogP contribution in [0.15, 0.2) is 24.3 Å². The van der Waals surface area contributed by atoms with E-state index in [9.17, 15) is 9.69 Å². The largest absolute Gasteiger partial charge is 0.490 e. The lowest BCUT2D eigenvalue weighted by Crippen LogP contribution is -2.26. The van der Waals surface area contributed by atoms with Crippen LogP contribution >= 0.6 is 8.60 Å². The van der Waals surface area contributed by atoms with Gasteiger partial charge in [0, 0.05) is 0 Å². The second-order valence-electron chi connectivity index (χ2n) is 10.3. The summed E-state index contributed by atoms with van der Waals surface area (Å²) in [6.07, 6.45) is 18.4. The fourth-order valence-electron chi connectivity index (χ4n) is 4.21. The van der Waals surface area contributed by atoms with E-state index >= 15 is 0 Å². The van der Waals surface area contributed by atoms with Gasteiger partial charge in [0.2, 0.25) is 0 Å². The van der Waals surface area contributed by atoms with E-state index in [4.69, 9.17) is 18.5 Å². The molecule has 0 aliphatic heterocycles. The Labute approximate surface area is 233 Å². The molecule has 0 saturated carbocycles. The number of rotatable bonds is 27. The first-order valence-corrected chi connectivity index (χ1v) is 15.9. The highest BCUT2D eigenvalue weighted by molar-refractivity contribution is 7.40. The Morgan fingerprint density at radius 3 is 2.16 bits per heavy atom. The fourth-order valence-corrected chi connectivity index (χ4v) is 4.87. The minimum Gasteiger partial charge on any atom is -0.490 e. The molecule has 1 aromatic carbocycles. The molecule has 7 nitrogen and oxygen atoms in total. The van der Waals surface area contributed by atoms with E-state index in [1.165, 1.54) is 82.6 Å². The Hall–Kier alpha value is -1.24. The number of hydrogen-bond donors (Lipinski definition) is 1. The van der Waals surface area contributed by atoms with E-state index in [-0.39, 0.29) is 13.2 Å². The SMILES string of the molecule is CCCCCCCCCCCCCCc1cccc(OCC(COP(O)OCCCCN(C)C)OC=O)c1. The maximum atomic E-state index is 10.9. The summed E-state index contributed by atoms with van der Waals surface area (Å²) in [6, 6.07) is 8.07. The molecular weight excluding hydrogens is 501 g/mol. The van der Waals surface area contributed by atoms with Gasteiger partial charge in [-0.3, -0.25) is 4.79 Å². The van der Waals surface area contributed by atoms with Crippen molar-refractivity contribution in [1.29, 1.82) is 0 Å². The molecule has 1 N–H and O–H groups in total. The summed E-state index contributed by atoms with van der Waals surface area (Å²) < 4.78 is 21.6. The van der Waals surface area contributed by atoms with Crippen molar-refractivity contribution in [3.8, 4) is 5.75 Å². The number of aryl methyl sites for hydroxylation is 1. The second-order valence-corrected chi connectivity index (χ2v) is 11.3. The van der Waals surface area contributed by atoms with Gasteiger partial charge < -0.3 is 28.3 Å². The number of unbranched alkanes of at least 4 members (excludes halogenated alkanes) is 12. The van der Waals surface area contributed by atoms with Crippen molar-refractivity contribution in [2.24, 2.45) is 0 Å². The minimum atomic E-state index is -2.01. The third kappa shape index (κ3) is 20.7. The van der Waals surface area contributed by atoms with Crippen LogP contribution in [-0.2, 0) is 25.0 Å². The molecule has 38 heavy (non-hydrogen) atoms. The van der Waals surface area contributed by atoms with Crippen LogP contribution in [-0.4, -0.2) is 62.8 Å². The van der Waals surface area contributed by atoms with Gasteiger partial charge in [-0.1, -0.05) is 89.7 Å². The molecule has 0 fully saturated rings. The standard InChI is InChI=1S/C30H54NO6P/c1-4-5-6-7-8-9-10-11-12-13-14-15-19-28-20-18-21-29(24-28)34-25-30(35-27-32)26-37-38(33)36-23-17-16-22-31(2)3/h18,20-21,24,27,30,33H,4-17,19,22-23,25-26H2,1-3H3. The lowest BCUT2D eigenvalue weighted by atomic mass is 10.0. The Morgan fingerprint density at radius 2 is 1.53 bits per heavy atom. The summed E-state index contributed by atoms with van der Waals surface area (Å²) in [5.74, 6) is 0.740. The first kappa shape index (κ1) is 34.8. The highest BCUT2D eigenvalue weighted by Crippen LogP contribution is 2.33. The van der Waals surface area contributed by atoms with Gasteiger partial charge in [-0.15, -0.1) is 0 Å². The zero-order chi connectivity index (χ0) is 27.7. The van der Waals surface area contributed by atoms with E-state index in [1.54, 1.807) is 0 Å². The summed E-state index contributed by atoms with van der Waals surface area (Å²) in [6.45, 7) is 4.21. The van der Waals surface area contributed by atoms with Gasteiger partial charge in [0.05, 0.1) is 13.2 Å². The van der Waals surface area contributed by atoms with Gasteiger partial charge >= 0.3 is 8.60 Å². The number of nitrogens with zero attached hydrogens (tertiary/aromatic N) is 1. The van der Waals surface area contributed by atoms with Crippen molar-refractivity contribution in [3.63, 3.8) is 0 Å². The number of benzene rings is 1. The van der Waals surface area contributed by atoms with Crippen LogP contribution in [0.5, 0.6) is 5.75 Å². The molecule has 0 saturated heterocycles. The molecule has 0 aromatic heterocycles. The van der Waals surface area contributed by atoms with Crippen molar-refractivity contribution < 1.29 is 28.2 Å². The number of carbonyl (C=O) groups is 1. The van der Waals surface area contributed by atoms with Crippen LogP contribution in [0.3, 0.4) is 0 Å². The topological polar surface area (TPSA) is 77.5 Å². The van der Waals surface area contributed by atoms with Crippen molar-refractivity contribution in [2.45, 2.75) is 109 Å². The number of hydrogen-bond acceptors (Lipinski definition) is 7. The van der Waals surface area contributed by atoms with E-state index in [0.717, 1.165) is 31.6 Å². The Kier molecular flexibility index (Phi) is 22.7. The quantitative estimate of drug-likeness (QED) is 0.0686. The van der Waals surface area contributed by atoms with Gasteiger partial charge in [-0.2, -0.15) is 0 Å². The molecule has 2 atom stereocenters.